The molecule has 0 aliphatic carbocycles. The first-order valence-electron chi connectivity index (χ1n) is 8.77. The Morgan fingerprint density at radius 3 is 2.64 bits per heavy atom. The predicted octanol–water partition coefficient (Wildman–Crippen LogP) is 4.11. The molecule has 1 saturated heterocycles. The smallest absolute Gasteiger partial charge is 0.323 e. The molecular formula is C19H24N4O2. The van der Waals surface area contributed by atoms with Crippen molar-refractivity contribution in [2.24, 2.45) is 0 Å². The summed E-state index contributed by atoms with van der Waals surface area (Å²) in [5.74, 6) is 1.50. The third-order valence-electron chi connectivity index (χ3n) is 4.04. The molecule has 1 aliphatic rings. The molecule has 1 aromatic carbocycles. The van der Waals surface area contributed by atoms with Crippen molar-refractivity contribution in [1.82, 2.24) is 4.98 Å². The molecule has 0 bridgehead atoms. The quantitative estimate of drug-likeness (QED) is 0.830. The maximum Gasteiger partial charge on any atom is 0.323 e. The van der Waals surface area contributed by atoms with Gasteiger partial charge >= 0.3 is 6.03 Å². The molecule has 6 nitrogen and oxygen atoms in total. The lowest BCUT2D eigenvalue weighted by Gasteiger charge is -2.20. The van der Waals surface area contributed by atoms with Gasteiger partial charge in [-0.05, 0) is 43.5 Å². The zero-order valence-corrected chi connectivity index (χ0v) is 14.5. The number of urea groups is 1. The Balaban J connectivity index is 1.69. The van der Waals surface area contributed by atoms with Crippen molar-refractivity contribution in [3.63, 3.8) is 0 Å². The fraction of sp³-hybridized carbons (Fsp3) is 0.368. The van der Waals surface area contributed by atoms with Gasteiger partial charge in [-0.3, -0.25) is 0 Å². The van der Waals surface area contributed by atoms with E-state index in [0.29, 0.717) is 23.7 Å². The van der Waals surface area contributed by atoms with Gasteiger partial charge in [0, 0.05) is 19.3 Å². The summed E-state index contributed by atoms with van der Waals surface area (Å²) in [7, 11) is 0. The number of rotatable bonds is 6. The Hall–Kier alpha value is -2.76. The van der Waals surface area contributed by atoms with Gasteiger partial charge in [-0.25, -0.2) is 9.78 Å². The Kier molecular flexibility index (Phi) is 5.72. The van der Waals surface area contributed by atoms with E-state index in [-0.39, 0.29) is 6.03 Å². The highest BCUT2D eigenvalue weighted by atomic mass is 16.5. The minimum absolute atomic E-state index is 0.305. The zero-order valence-electron chi connectivity index (χ0n) is 14.5. The Morgan fingerprint density at radius 2 is 1.84 bits per heavy atom. The standard InChI is InChI=1S/C19H24N4O2/c1-2-14-25-17-10-4-3-8-15(17)21-19(24)22-16-9-7-11-20-18(16)23-12-5-6-13-23/h3-4,7-11H,2,5-6,12-14H2,1H3,(H2,21,22,24). The third-order valence-corrected chi connectivity index (χ3v) is 4.04. The van der Waals surface area contributed by atoms with Crippen LogP contribution < -0.4 is 20.3 Å². The van der Waals surface area contributed by atoms with E-state index in [0.717, 1.165) is 38.2 Å². The summed E-state index contributed by atoms with van der Waals surface area (Å²) in [4.78, 5) is 19.1. The lowest BCUT2D eigenvalue weighted by molar-refractivity contribution is 0.262. The van der Waals surface area contributed by atoms with E-state index in [1.54, 1.807) is 6.20 Å². The van der Waals surface area contributed by atoms with Crippen molar-refractivity contribution in [2.75, 3.05) is 35.2 Å². The van der Waals surface area contributed by atoms with E-state index in [2.05, 4.69) is 20.5 Å². The first-order chi connectivity index (χ1) is 12.3. The van der Waals surface area contributed by atoms with E-state index < -0.39 is 0 Å². The molecule has 2 heterocycles. The van der Waals surface area contributed by atoms with Gasteiger partial charge in [-0.2, -0.15) is 0 Å². The summed E-state index contributed by atoms with van der Waals surface area (Å²) in [5.41, 5.74) is 1.37. The molecule has 2 amide bonds. The van der Waals surface area contributed by atoms with Gasteiger partial charge < -0.3 is 20.3 Å². The number of hydrogen-bond acceptors (Lipinski definition) is 4. The molecule has 2 N–H and O–H groups in total. The number of amides is 2. The number of carbonyl (C=O) groups is 1. The van der Waals surface area contributed by atoms with Crippen molar-refractivity contribution in [1.29, 1.82) is 0 Å². The highest BCUT2D eigenvalue weighted by molar-refractivity contribution is 6.02. The number of pyridine rings is 1. The first-order valence-corrected chi connectivity index (χ1v) is 8.77. The van der Waals surface area contributed by atoms with Gasteiger partial charge in [0.1, 0.15) is 5.75 Å². The van der Waals surface area contributed by atoms with Crippen molar-refractivity contribution in [3.05, 3.63) is 42.6 Å². The highest BCUT2D eigenvalue weighted by Crippen LogP contribution is 2.27. The van der Waals surface area contributed by atoms with Crippen LogP contribution >= 0.6 is 0 Å². The van der Waals surface area contributed by atoms with Crippen LogP contribution in [0.5, 0.6) is 5.75 Å². The van der Waals surface area contributed by atoms with Crippen LogP contribution in [0.15, 0.2) is 42.6 Å². The number of anilines is 3. The van der Waals surface area contributed by atoms with Gasteiger partial charge in [-0.1, -0.05) is 19.1 Å². The van der Waals surface area contributed by atoms with Crippen LogP contribution in [-0.2, 0) is 0 Å². The molecule has 0 atom stereocenters. The van der Waals surface area contributed by atoms with Crippen molar-refractivity contribution >= 4 is 23.2 Å². The number of benzene rings is 1. The Morgan fingerprint density at radius 1 is 1.12 bits per heavy atom. The summed E-state index contributed by atoms with van der Waals surface area (Å²) >= 11 is 0. The van der Waals surface area contributed by atoms with E-state index in [1.165, 1.54) is 0 Å². The average Bonchev–Trinajstić information content (AvgIpc) is 3.16. The number of nitrogens with one attached hydrogen (secondary N) is 2. The van der Waals surface area contributed by atoms with Crippen LogP contribution in [0.4, 0.5) is 22.0 Å². The molecule has 0 spiro atoms. The van der Waals surface area contributed by atoms with E-state index >= 15 is 0 Å². The molecule has 25 heavy (non-hydrogen) atoms. The van der Waals surface area contributed by atoms with Crippen LogP contribution in [0.2, 0.25) is 0 Å². The van der Waals surface area contributed by atoms with Crippen LogP contribution in [0.3, 0.4) is 0 Å². The van der Waals surface area contributed by atoms with E-state index in [1.807, 2.05) is 43.3 Å². The van der Waals surface area contributed by atoms with Gasteiger partial charge in [-0.15, -0.1) is 0 Å². The molecule has 3 rings (SSSR count). The molecule has 132 valence electrons. The van der Waals surface area contributed by atoms with Crippen LogP contribution in [0.25, 0.3) is 0 Å². The van der Waals surface area contributed by atoms with Crippen LogP contribution in [0, 0.1) is 0 Å². The second-order valence-electron chi connectivity index (χ2n) is 5.99. The second-order valence-corrected chi connectivity index (χ2v) is 5.99. The number of aromatic nitrogens is 1. The van der Waals surface area contributed by atoms with Crippen LogP contribution in [0.1, 0.15) is 26.2 Å². The Bertz CT molecular complexity index is 714. The second kappa shape index (κ2) is 8.37. The molecule has 1 aromatic heterocycles. The summed E-state index contributed by atoms with van der Waals surface area (Å²) in [5, 5.41) is 5.77. The number of para-hydroxylation sites is 2. The fourth-order valence-electron chi connectivity index (χ4n) is 2.86. The number of ether oxygens (including phenoxy) is 1. The maximum atomic E-state index is 12.5. The summed E-state index contributed by atoms with van der Waals surface area (Å²) in [6, 6.07) is 10.8. The molecule has 1 aliphatic heterocycles. The fourth-order valence-corrected chi connectivity index (χ4v) is 2.86. The lowest BCUT2D eigenvalue weighted by Crippen LogP contribution is -2.24. The topological polar surface area (TPSA) is 66.5 Å². The van der Waals surface area contributed by atoms with Gasteiger partial charge in [0.15, 0.2) is 5.82 Å². The maximum absolute atomic E-state index is 12.5. The normalized spacial score (nSPS) is 13.6. The molecule has 0 radical (unpaired) electrons. The highest BCUT2D eigenvalue weighted by Gasteiger charge is 2.18. The summed E-state index contributed by atoms with van der Waals surface area (Å²) in [6.45, 7) is 4.61. The average molecular weight is 340 g/mol. The minimum atomic E-state index is -0.305. The van der Waals surface area contributed by atoms with Crippen molar-refractivity contribution < 1.29 is 9.53 Å². The number of hydrogen-bond donors (Lipinski definition) is 2. The van der Waals surface area contributed by atoms with E-state index in [9.17, 15) is 4.79 Å². The van der Waals surface area contributed by atoms with Crippen molar-refractivity contribution in [2.45, 2.75) is 26.2 Å². The van der Waals surface area contributed by atoms with E-state index in [4.69, 9.17) is 4.74 Å². The largest absolute Gasteiger partial charge is 0.491 e. The SMILES string of the molecule is CCCOc1ccccc1NC(=O)Nc1cccnc1N1CCCC1. The summed E-state index contributed by atoms with van der Waals surface area (Å²) < 4.78 is 5.68. The minimum Gasteiger partial charge on any atom is -0.491 e. The van der Waals surface area contributed by atoms with Gasteiger partial charge in [0.2, 0.25) is 0 Å². The lowest BCUT2D eigenvalue weighted by atomic mass is 10.3. The molecule has 1 fully saturated rings. The first kappa shape index (κ1) is 17.1. The van der Waals surface area contributed by atoms with Crippen molar-refractivity contribution in [3.8, 4) is 5.75 Å². The molecule has 6 heteroatoms. The molecular weight excluding hydrogens is 316 g/mol. The summed E-state index contributed by atoms with van der Waals surface area (Å²) in [6.07, 6.45) is 4.98. The number of carbonyl (C=O) groups excluding carboxylic acids is 1. The Labute approximate surface area is 148 Å². The zero-order chi connectivity index (χ0) is 17.5. The molecule has 0 saturated carbocycles. The van der Waals surface area contributed by atoms with Crippen LogP contribution in [-0.4, -0.2) is 30.7 Å². The third kappa shape index (κ3) is 4.41. The van der Waals surface area contributed by atoms with Gasteiger partial charge in [0.25, 0.3) is 0 Å². The predicted molar refractivity (Wildman–Crippen MR) is 101 cm³/mol. The number of nitrogens with zero attached hydrogens (tertiary/aromatic N) is 2. The molecule has 2 aromatic rings. The van der Waals surface area contributed by atoms with Gasteiger partial charge in [0.05, 0.1) is 18.0 Å². The molecule has 0 unspecified atom stereocenters. The monoisotopic (exact) mass is 340 g/mol.